The van der Waals surface area contributed by atoms with Crippen LogP contribution in [0.1, 0.15) is 66.5 Å². The van der Waals surface area contributed by atoms with Gasteiger partial charge in [-0.05, 0) is 36.5 Å². The standard InChI is InChI=1S/C20H25N3O3/c1-4-23-18(11-16(21-23)13(2)3)20(26)22-10-9-14-7-5-6-8-15(14)17(22)12-19(24)25/h5-8,11,13,17H,4,9-10,12H2,1-3H3,(H,24,25). The molecule has 0 saturated carbocycles. The van der Waals surface area contributed by atoms with Gasteiger partial charge in [-0.15, -0.1) is 0 Å². The number of benzene rings is 1. The lowest BCUT2D eigenvalue weighted by molar-refractivity contribution is -0.138. The molecule has 1 atom stereocenters. The van der Waals surface area contributed by atoms with Crippen LogP contribution >= 0.6 is 0 Å². The zero-order valence-corrected chi connectivity index (χ0v) is 15.5. The Kier molecular flexibility index (Phi) is 5.11. The maximum atomic E-state index is 13.3. The van der Waals surface area contributed by atoms with Crippen LogP contribution in [0, 0.1) is 0 Å². The van der Waals surface area contributed by atoms with Crippen molar-refractivity contribution in [2.75, 3.05) is 6.54 Å². The van der Waals surface area contributed by atoms with Crippen LogP contribution in [0.15, 0.2) is 30.3 Å². The average molecular weight is 355 g/mol. The fourth-order valence-electron chi connectivity index (χ4n) is 3.56. The van der Waals surface area contributed by atoms with Gasteiger partial charge in [0.05, 0.1) is 18.2 Å². The van der Waals surface area contributed by atoms with Crippen LogP contribution in [0.5, 0.6) is 0 Å². The predicted molar refractivity (Wildman–Crippen MR) is 98.2 cm³/mol. The second-order valence-electron chi connectivity index (χ2n) is 6.99. The number of aliphatic carboxylic acids is 1. The van der Waals surface area contributed by atoms with Crippen molar-refractivity contribution in [1.29, 1.82) is 0 Å². The molecule has 0 radical (unpaired) electrons. The van der Waals surface area contributed by atoms with E-state index in [1.54, 1.807) is 9.58 Å². The molecule has 138 valence electrons. The molecule has 0 saturated heterocycles. The molecule has 6 heteroatoms. The van der Waals surface area contributed by atoms with Gasteiger partial charge in [-0.25, -0.2) is 0 Å². The van der Waals surface area contributed by atoms with Crippen molar-refractivity contribution in [1.82, 2.24) is 14.7 Å². The lowest BCUT2D eigenvalue weighted by Gasteiger charge is -2.36. The number of nitrogens with zero attached hydrogens (tertiary/aromatic N) is 3. The molecule has 1 aliphatic rings. The van der Waals surface area contributed by atoms with Gasteiger partial charge in [-0.2, -0.15) is 5.10 Å². The molecule has 2 aromatic rings. The number of hydrogen-bond donors (Lipinski definition) is 1. The Bertz CT molecular complexity index is 825. The maximum Gasteiger partial charge on any atom is 0.305 e. The molecule has 0 aliphatic carbocycles. The molecule has 0 fully saturated rings. The SMILES string of the molecule is CCn1nc(C(C)C)cc1C(=O)N1CCc2ccccc2C1CC(=O)O. The minimum absolute atomic E-state index is 0.0972. The molecule has 1 aromatic carbocycles. The summed E-state index contributed by atoms with van der Waals surface area (Å²) in [4.78, 5) is 26.4. The number of amides is 1. The Morgan fingerprint density at radius 2 is 2.04 bits per heavy atom. The number of carbonyl (C=O) groups is 2. The summed E-state index contributed by atoms with van der Waals surface area (Å²) in [6.07, 6.45) is 0.634. The van der Waals surface area contributed by atoms with E-state index in [1.165, 1.54) is 0 Å². The summed E-state index contributed by atoms with van der Waals surface area (Å²) < 4.78 is 1.72. The number of aromatic nitrogens is 2. The van der Waals surface area contributed by atoms with Crippen LogP contribution in [-0.2, 0) is 17.8 Å². The van der Waals surface area contributed by atoms with E-state index < -0.39 is 12.0 Å². The van der Waals surface area contributed by atoms with Gasteiger partial charge in [0.25, 0.3) is 5.91 Å². The van der Waals surface area contributed by atoms with Crippen LogP contribution in [0.2, 0.25) is 0 Å². The first-order valence-corrected chi connectivity index (χ1v) is 9.10. The Hall–Kier alpha value is -2.63. The summed E-state index contributed by atoms with van der Waals surface area (Å²) in [7, 11) is 0. The Morgan fingerprint density at radius 1 is 1.31 bits per heavy atom. The topological polar surface area (TPSA) is 75.4 Å². The molecular formula is C20H25N3O3. The van der Waals surface area contributed by atoms with Gasteiger partial charge in [0.1, 0.15) is 5.69 Å². The second kappa shape index (κ2) is 7.32. The first-order valence-electron chi connectivity index (χ1n) is 9.10. The molecule has 1 unspecified atom stereocenters. The summed E-state index contributed by atoms with van der Waals surface area (Å²) in [6.45, 7) is 7.15. The summed E-state index contributed by atoms with van der Waals surface area (Å²) in [5, 5.41) is 13.9. The molecule has 0 bridgehead atoms. The van der Waals surface area contributed by atoms with E-state index in [0.717, 1.165) is 23.2 Å². The third-order valence-corrected chi connectivity index (χ3v) is 4.95. The van der Waals surface area contributed by atoms with E-state index >= 15 is 0 Å². The van der Waals surface area contributed by atoms with Gasteiger partial charge in [-0.1, -0.05) is 38.1 Å². The van der Waals surface area contributed by atoms with Crippen LogP contribution in [-0.4, -0.2) is 38.2 Å². The second-order valence-corrected chi connectivity index (χ2v) is 6.99. The highest BCUT2D eigenvalue weighted by atomic mass is 16.4. The number of rotatable bonds is 5. The van der Waals surface area contributed by atoms with Crippen molar-refractivity contribution >= 4 is 11.9 Å². The molecule has 2 heterocycles. The van der Waals surface area contributed by atoms with E-state index in [1.807, 2.05) is 51.1 Å². The number of fused-ring (bicyclic) bond motifs is 1. The summed E-state index contributed by atoms with van der Waals surface area (Å²) in [5.74, 6) is -0.824. The van der Waals surface area contributed by atoms with Gasteiger partial charge in [0, 0.05) is 13.1 Å². The highest BCUT2D eigenvalue weighted by Crippen LogP contribution is 2.33. The van der Waals surface area contributed by atoms with E-state index in [2.05, 4.69) is 5.10 Å². The molecule has 1 N–H and O–H groups in total. The Labute approximate surface area is 153 Å². The first-order chi connectivity index (χ1) is 12.4. The molecule has 6 nitrogen and oxygen atoms in total. The lowest BCUT2D eigenvalue weighted by Crippen LogP contribution is -2.41. The van der Waals surface area contributed by atoms with Crippen LogP contribution in [0.4, 0.5) is 0 Å². The van der Waals surface area contributed by atoms with Gasteiger partial charge < -0.3 is 10.0 Å². The van der Waals surface area contributed by atoms with E-state index in [9.17, 15) is 14.7 Å². The number of carboxylic acids is 1. The molecule has 1 amide bonds. The predicted octanol–water partition coefficient (Wildman–Crippen LogP) is 3.24. The first kappa shape index (κ1) is 18.2. The normalized spacial score (nSPS) is 16.6. The summed E-state index contributed by atoms with van der Waals surface area (Å²) in [6, 6.07) is 9.18. The van der Waals surface area contributed by atoms with E-state index in [-0.39, 0.29) is 18.2 Å². The molecule has 1 aliphatic heterocycles. The zero-order valence-electron chi connectivity index (χ0n) is 15.5. The van der Waals surface area contributed by atoms with Crippen molar-refractivity contribution in [3.63, 3.8) is 0 Å². The Morgan fingerprint density at radius 3 is 2.69 bits per heavy atom. The number of carboxylic acid groups (broad SMARTS) is 1. The Balaban J connectivity index is 1.99. The third-order valence-electron chi connectivity index (χ3n) is 4.95. The van der Waals surface area contributed by atoms with Crippen molar-refractivity contribution in [3.8, 4) is 0 Å². The number of carbonyl (C=O) groups excluding carboxylic acids is 1. The van der Waals surface area contributed by atoms with Gasteiger partial charge in [0.15, 0.2) is 0 Å². The van der Waals surface area contributed by atoms with Crippen molar-refractivity contribution in [3.05, 3.63) is 52.8 Å². The average Bonchev–Trinajstić information content (AvgIpc) is 3.06. The third kappa shape index (κ3) is 3.36. The highest BCUT2D eigenvalue weighted by molar-refractivity contribution is 5.93. The van der Waals surface area contributed by atoms with Crippen LogP contribution in [0.25, 0.3) is 0 Å². The molecule has 1 aromatic heterocycles. The highest BCUT2D eigenvalue weighted by Gasteiger charge is 2.34. The number of aryl methyl sites for hydroxylation is 1. The summed E-state index contributed by atoms with van der Waals surface area (Å²) >= 11 is 0. The molecule has 0 spiro atoms. The minimum atomic E-state index is -0.906. The van der Waals surface area contributed by atoms with E-state index in [0.29, 0.717) is 18.8 Å². The van der Waals surface area contributed by atoms with Crippen LogP contribution < -0.4 is 0 Å². The van der Waals surface area contributed by atoms with Crippen molar-refractivity contribution in [2.24, 2.45) is 0 Å². The number of hydrogen-bond acceptors (Lipinski definition) is 3. The molecule has 26 heavy (non-hydrogen) atoms. The fraction of sp³-hybridized carbons (Fsp3) is 0.450. The van der Waals surface area contributed by atoms with Crippen molar-refractivity contribution in [2.45, 2.75) is 52.1 Å². The fourth-order valence-corrected chi connectivity index (χ4v) is 3.56. The van der Waals surface area contributed by atoms with Gasteiger partial charge >= 0.3 is 5.97 Å². The van der Waals surface area contributed by atoms with E-state index in [4.69, 9.17) is 0 Å². The monoisotopic (exact) mass is 355 g/mol. The molecular weight excluding hydrogens is 330 g/mol. The summed E-state index contributed by atoms with van der Waals surface area (Å²) in [5.41, 5.74) is 3.46. The minimum Gasteiger partial charge on any atom is -0.481 e. The van der Waals surface area contributed by atoms with Crippen LogP contribution in [0.3, 0.4) is 0 Å². The van der Waals surface area contributed by atoms with Gasteiger partial charge in [0.2, 0.25) is 0 Å². The smallest absolute Gasteiger partial charge is 0.305 e. The largest absolute Gasteiger partial charge is 0.481 e. The molecule has 3 rings (SSSR count). The quantitative estimate of drug-likeness (QED) is 0.893. The van der Waals surface area contributed by atoms with Gasteiger partial charge in [-0.3, -0.25) is 14.3 Å². The zero-order chi connectivity index (χ0) is 18.8. The van der Waals surface area contributed by atoms with Crippen molar-refractivity contribution < 1.29 is 14.7 Å². The lowest BCUT2D eigenvalue weighted by atomic mass is 9.90. The maximum absolute atomic E-state index is 13.3.